The van der Waals surface area contributed by atoms with E-state index in [2.05, 4.69) is 18.7 Å². The van der Waals surface area contributed by atoms with E-state index in [1.165, 1.54) is 32.1 Å². The maximum Gasteiger partial charge on any atom is 0.0674 e. The maximum atomic E-state index is 6.20. The van der Waals surface area contributed by atoms with Crippen molar-refractivity contribution in [2.45, 2.75) is 64.0 Å². The third-order valence-electron chi connectivity index (χ3n) is 5.00. The minimum atomic E-state index is 0.265. The fraction of sp³-hybridized carbons (Fsp3) is 1.00. The van der Waals surface area contributed by atoms with Gasteiger partial charge in [0, 0.05) is 31.8 Å². The highest BCUT2D eigenvalue weighted by Crippen LogP contribution is 2.38. The highest BCUT2D eigenvalue weighted by molar-refractivity contribution is 4.97. The summed E-state index contributed by atoms with van der Waals surface area (Å²) in [5, 5.41) is 0. The van der Waals surface area contributed by atoms with Crippen molar-refractivity contribution in [3.05, 3.63) is 0 Å². The Bertz CT molecular complexity index is 259. The van der Waals surface area contributed by atoms with Crippen LogP contribution in [-0.2, 0) is 4.74 Å². The Morgan fingerprint density at radius 3 is 2.94 bits per heavy atom. The van der Waals surface area contributed by atoms with Crippen LogP contribution < -0.4 is 5.73 Å². The molecule has 2 rings (SSSR count). The number of rotatable bonds is 3. The molecule has 0 aromatic rings. The van der Waals surface area contributed by atoms with Crippen molar-refractivity contribution in [2.24, 2.45) is 11.7 Å². The van der Waals surface area contributed by atoms with Gasteiger partial charge in [-0.2, -0.15) is 0 Å². The molecule has 2 fully saturated rings. The zero-order valence-electron chi connectivity index (χ0n) is 12.2. The monoisotopic (exact) mass is 254 g/mol. The van der Waals surface area contributed by atoms with Crippen LogP contribution in [0.15, 0.2) is 0 Å². The third-order valence-corrected chi connectivity index (χ3v) is 5.00. The molecule has 1 saturated heterocycles. The average molecular weight is 254 g/mol. The summed E-state index contributed by atoms with van der Waals surface area (Å²) in [6.45, 7) is 8.48. The summed E-state index contributed by atoms with van der Waals surface area (Å²) in [5.74, 6) is 0.877. The van der Waals surface area contributed by atoms with E-state index in [0.717, 1.165) is 38.6 Å². The summed E-state index contributed by atoms with van der Waals surface area (Å²) in [6, 6.07) is 0. The molecule has 1 aliphatic carbocycles. The lowest BCUT2D eigenvalue weighted by Crippen LogP contribution is -2.57. The van der Waals surface area contributed by atoms with E-state index < -0.39 is 0 Å². The summed E-state index contributed by atoms with van der Waals surface area (Å²) < 4.78 is 5.78. The van der Waals surface area contributed by atoms with Gasteiger partial charge in [-0.3, -0.25) is 4.90 Å². The lowest BCUT2D eigenvalue weighted by atomic mass is 9.73. The van der Waals surface area contributed by atoms with E-state index in [-0.39, 0.29) is 5.54 Å². The van der Waals surface area contributed by atoms with Crippen molar-refractivity contribution in [2.75, 3.05) is 26.2 Å². The number of hydrogen-bond acceptors (Lipinski definition) is 3. The smallest absolute Gasteiger partial charge is 0.0674 e. The van der Waals surface area contributed by atoms with Gasteiger partial charge >= 0.3 is 0 Å². The quantitative estimate of drug-likeness (QED) is 0.840. The fourth-order valence-corrected chi connectivity index (χ4v) is 3.84. The van der Waals surface area contributed by atoms with Crippen molar-refractivity contribution in [1.29, 1.82) is 0 Å². The molecular formula is C15H30N2O. The molecule has 0 spiro atoms. The second-order valence-electron chi connectivity index (χ2n) is 6.28. The van der Waals surface area contributed by atoms with Gasteiger partial charge in [-0.15, -0.1) is 0 Å². The molecule has 3 nitrogen and oxygen atoms in total. The molecule has 3 atom stereocenters. The Hall–Kier alpha value is -0.120. The first-order valence-electron chi connectivity index (χ1n) is 7.77. The highest BCUT2D eigenvalue weighted by Gasteiger charge is 2.40. The zero-order valence-corrected chi connectivity index (χ0v) is 12.2. The molecule has 106 valence electrons. The van der Waals surface area contributed by atoms with Gasteiger partial charge in [-0.1, -0.05) is 26.2 Å². The molecule has 2 N–H and O–H groups in total. The van der Waals surface area contributed by atoms with Gasteiger partial charge in [0.15, 0.2) is 0 Å². The standard InChI is InChI=1S/C15H30N2O/c1-3-14-6-4-7-15(10-14,12-16)17-8-5-9-18-13(2)11-17/h13-14H,3-12,16H2,1-2H3. The molecule has 18 heavy (non-hydrogen) atoms. The Morgan fingerprint density at radius 1 is 1.39 bits per heavy atom. The lowest BCUT2D eigenvalue weighted by Gasteiger charge is -2.48. The van der Waals surface area contributed by atoms with E-state index in [4.69, 9.17) is 10.5 Å². The van der Waals surface area contributed by atoms with Gasteiger partial charge in [-0.05, 0) is 32.1 Å². The second-order valence-corrected chi connectivity index (χ2v) is 6.28. The van der Waals surface area contributed by atoms with Crippen LogP contribution in [0.4, 0.5) is 0 Å². The number of hydrogen-bond donors (Lipinski definition) is 1. The third kappa shape index (κ3) is 3.06. The molecule has 0 aromatic heterocycles. The largest absolute Gasteiger partial charge is 0.377 e. The van der Waals surface area contributed by atoms with E-state index >= 15 is 0 Å². The van der Waals surface area contributed by atoms with Crippen LogP contribution in [0.25, 0.3) is 0 Å². The van der Waals surface area contributed by atoms with Gasteiger partial charge in [0.25, 0.3) is 0 Å². The predicted octanol–water partition coefficient (Wildman–Crippen LogP) is 2.39. The van der Waals surface area contributed by atoms with Gasteiger partial charge in [0.05, 0.1) is 6.10 Å². The first-order valence-corrected chi connectivity index (χ1v) is 7.77. The molecule has 1 saturated carbocycles. The maximum absolute atomic E-state index is 6.20. The molecule has 2 aliphatic rings. The Morgan fingerprint density at radius 2 is 2.22 bits per heavy atom. The molecule has 0 amide bonds. The number of ether oxygens (including phenoxy) is 1. The number of nitrogens with two attached hydrogens (primary N) is 1. The molecule has 0 aromatic carbocycles. The minimum Gasteiger partial charge on any atom is -0.377 e. The lowest BCUT2D eigenvalue weighted by molar-refractivity contribution is 0.00901. The fourth-order valence-electron chi connectivity index (χ4n) is 3.84. The summed E-state index contributed by atoms with van der Waals surface area (Å²) >= 11 is 0. The Labute approximate surface area is 112 Å². The van der Waals surface area contributed by atoms with Crippen LogP contribution in [0.5, 0.6) is 0 Å². The van der Waals surface area contributed by atoms with E-state index in [1.807, 2.05) is 0 Å². The summed E-state index contributed by atoms with van der Waals surface area (Å²) in [5.41, 5.74) is 6.46. The first kappa shape index (κ1) is 14.3. The van der Waals surface area contributed by atoms with Crippen molar-refractivity contribution < 1.29 is 4.74 Å². The topological polar surface area (TPSA) is 38.5 Å². The Balaban J connectivity index is 2.09. The molecule has 3 heteroatoms. The van der Waals surface area contributed by atoms with Crippen molar-refractivity contribution in [3.63, 3.8) is 0 Å². The minimum absolute atomic E-state index is 0.265. The average Bonchev–Trinajstić information content (AvgIpc) is 2.63. The number of nitrogens with zero attached hydrogens (tertiary/aromatic N) is 1. The van der Waals surface area contributed by atoms with Crippen LogP contribution in [-0.4, -0.2) is 42.8 Å². The van der Waals surface area contributed by atoms with Crippen LogP contribution in [0.1, 0.15) is 52.4 Å². The van der Waals surface area contributed by atoms with E-state index in [0.29, 0.717) is 6.10 Å². The first-order chi connectivity index (χ1) is 8.70. The molecule has 0 bridgehead atoms. The van der Waals surface area contributed by atoms with E-state index in [9.17, 15) is 0 Å². The molecule has 3 unspecified atom stereocenters. The van der Waals surface area contributed by atoms with Crippen molar-refractivity contribution in [1.82, 2.24) is 4.90 Å². The summed E-state index contributed by atoms with van der Waals surface area (Å²) in [7, 11) is 0. The zero-order chi connectivity index (χ0) is 13.0. The molecular weight excluding hydrogens is 224 g/mol. The van der Waals surface area contributed by atoms with Gasteiger partial charge in [0.1, 0.15) is 0 Å². The van der Waals surface area contributed by atoms with Gasteiger partial charge < -0.3 is 10.5 Å². The summed E-state index contributed by atoms with van der Waals surface area (Å²) in [4.78, 5) is 2.66. The second kappa shape index (κ2) is 6.36. The highest BCUT2D eigenvalue weighted by atomic mass is 16.5. The van der Waals surface area contributed by atoms with Crippen LogP contribution in [0.2, 0.25) is 0 Å². The molecule has 0 radical (unpaired) electrons. The van der Waals surface area contributed by atoms with Crippen LogP contribution in [0, 0.1) is 5.92 Å². The SMILES string of the molecule is CCC1CCCC(CN)(N2CCCOC(C)C2)C1. The van der Waals surface area contributed by atoms with Crippen LogP contribution >= 0.6 is 0 Å². The molecule has 1 heterocycles. The summed E-state index contributed by atoms with van der Waals surface area (Å²) in [6.07, 6.45) is 8.15. The van der Waals surface area contributed by atoms with Crippen LogP contribution in [0.3, 0.4) is 0 Å². The normalized spacial score (nSPS) is 39.5. The van der Waals surface area contributed by atoms with Crippen molar-refractivity contribution >= 4 is 0 Å². The van der Waals surface area contributed by atoms with E-state index in [1.54, 1.807) is 0 Å². The van der Waals surface area contributed by atoms with Gasteiger partial charge in [0.2, 0.25) is 0 Å². The van der Waals surface area contributed by atoms with Gasteiger partial charge in [-0.25, -0.2) is 0 Å². The predicted molar refractivity (Wildman–Crippen MR) is 75.6 cm³/mol. The Kier molecular flexibility index (Phi) is 5.05. The van der Waals surface area contributed by atoms with Crippen molar-refractivity contribution in [3.8, 4) is 0 Å². The molecule has 1 aliphatic heterocycles.